The van der Waals surface area contributed by atoms with Crippen molar-refractivity contribution in [3.8, 4) is 0 Å². The van der Waals surface area contributed by atoms with Crippen molar-refractivity contribution in [1.29, 1.82) is 0 Å². The van der Waals surface area contributed by atoms with E-state index in [1.54, 1.807) is 4.90 Å². The van der Waals surface area contributed by atoms with Crippen molar-refractivity contribution in [2.45, 2.75) is 45.2 Å². The molecule has 1 saturated carbocycles. The number of amides is 2. The fourth-order valence-electron chi connectivity index (χ4n) is 3.09. The van der Waals surface area contributed by atoms with Gasteiger partial charge in [0.1, 0.15) is 0 Å². The summed E-state index contributed by atoms with van der Waals surface area (Å²) in [7, 11) is 0. The van der Waals surface area contributed by atoms with Crippen LogP contribution in [0.1, 0.15) is 33.1 Å². The average molecular weight is 222 g/mol. The topological polar surface area (TPSA) is 49.4 Å². The Hall–Kier alpha value is -0.900. The lowest BCUT2D eigenvalue weighted by Gasteiger charge is -2.22. The molecule has 2 heterocycles. The van der Waals surface area contributed by atoms with Gasteiger partial charge in [0.15, 0.2) is 0 Å². The van der Waals surface area contributed by atoms with Crippen molar-refractivity contribution < 1.29 is 9.59 Å². The molecule has 4 heteroatoms. The number of nitrogens with one attached hydrogen (secondary N) is 1. The molecular formula is C12H18N2O2. The van der Waals surface area contributed by atoms with Crippen LogP contribution in [0.3, 0.4) is 0 Å². The lowest BCUT2D eigenvalue weighted by atomic mass is 9.85. The van der Waals surface area contributed by atoms with Crippen LogP contribution in [0.5, 0.6) is 0 Å². The van der Waals surface area contributed by atoms with Gasteiger partial charge in [-0.1, -0.05) is 0 Å². The Morgan fingerprint density at radius 2 is 2.06 bits per heavy atom. The largest absolute Gasteiger partial charge is 0.311 e. The van der Waals surface area contributed by atoms with Crippen molar-refractivity contribution in [3.05, 3.63) is 0 Å². The van der Waals surface area contributed by atoms with Crippen LogP contribution in [0.2, 0.25) is 0 Å². The van der Waals surface area contributed by atoms with Gasteiger partial charge in [0, 0.05) is 12.0 Å². The van der Waals surface area contributed by atoms with Gasteiger partial charge in [-0.15, -0.1) is 0 Å². The van der Waals surface area contributed by atoms with E-state index >= 15 is 0 Å². The van der Waals surface area contributed by atoms with Crippen molar-refractivity contribution in [2.24, 2.45) is 11.3 Å². The summed E-state index contributed by atoms with van der Waals surface area (Å²) in [5, 5.41) is 3.37. The molecule has 0 aromatic rings. The van der Waals surface area contributed by atoms with E-state index in [0.717, 1.165) is 25.8 Å². The fourth-order valence-corrected chi connectivity index (χ4v) is 3.09. The Balaban J connectivity index is 1.92. The summed E-state index contributed by atoms with van der Waals surface area (Å²) in [5.41, 5.74) is -0.425. The smallest absolute Gasteiger partial charge is 0.236 e. The molecule has 2 saturated heterocycles. The average Bonchev–Trinajstić information content (AvgIpc) is 2.93. The maximum atomic E-state index is 12.3. The van der Waals surface area contributed by atoms with Gasteiger partial charge in [0.05, 0.1) is 11.5 Å². The summed E-state index contributed by atoms with van der Waals surface area (Å²) in [6, 6.07) is 0.262. The maximum absolute atomic E-state index is 12.3. The van der Waals surface area contributed by atoms with Crippen LogP contribution in [-0.2, 0) is 9.59 Å². The number of nitrogens with zero attached hydrogens (tertiary/aromatic N) is 1. The molecule has 16 heavy (non-hydrogen) atoms. The Kier molecular flexibility index (Phi) is 1.97. The van der Waals surface area contributed by atoms with Crippen molar-refractivity contribution in [1.82, 2.24) is 10.2 Å². The first kappa shape index (κ1) is 10.3. The molecule has 2 aliphatic heterocycles. The highest BCUT2D eigenvalue weighted by molar-refractivity contribution is 6.02. The first-order chi connectivity index (χ1) is 7.53. The molecule has 4 nitrogen and oxygen atoms in total. The van der Waals surface area contributed by atoms with Crippen LogP contribution in [0, 0.1) is 11.3 Å². The molecule has 2 amide bonds. The Bertz CT molecular complexity index is 360. The molecule has 0 aromatic carbocycles. The highest BCUT2D eigenvalue weighted by Gasteiger charge is 2.58. The second-order valence-electron chi connectivity index (χ2n) is 5.80. The molecule has 3 fully saturated rings. The summed E-state index contributed by atoms with van der Waals surface area (Å²) in [4.78, 5) is 26.0. The zero-order valence-electron chi connectivity index (χ0n) is 9.82. The van der Waals surface area contributed by atoms with Gasteiger partial charge in [-0.3, -0.25) is 14.5 Å². The minimum absolute atomic E-state index is 0.0200. The van der Waals surface area contributed by atoms with E-state index in [-0.39, 0.29) is 29.8 Å². The highest BCUT2D eigenvalue weighted by atomic mass is 16.2. The zero-order chi connectivity index (χ0) is 11.5. The number of rotatable bonds is 1. The molecule has 0 bridgehead atoms. The molecule has 0 radical (unpaired) electrons. The van der Waals surface area contributed by atoms with Crippen LogP contribution in [0.15, 0.2) is 0 Å². The minimum Gasteiger partial charge on any atom is -0.311 e. The molecule has 0 unspecified atom stereocenters. The SMILES string of the molecule is CC1(C)C(=O)N(C(=O)C2CC2)[C@H]2CCN[C@@H]21. The fraction of sp³-hybridized carbons (Fsp3) is 0.833. The molecular weight excluding hydrogens is 204 g/mol. The Morgan fingerprint density at radius 1 is 1.38 bits per heavy atom. The van der Waals surface area contributed by atoms with E-state index in [0.29, 0.717) is 0 Å². The van der Waals surface area contributed by atoms with Crippen LogP contribution < -0.4 is 5.32 Å². The first-order valence-corrected chi connectivity index (χ1v) is 6.14. The lowest BCUT2D eigenvalue weighted by Crippen LogP contribution is -2.41. The molecule has 3 aliphatic rings. The van der Waals surface area contributed by atoms with E-state index in [1.165, 1.54) is 0 Å². The quantitative estimate of drug-likeness (QED) is 0.658. The number of hydrogen-bond acceptors (Lipinski definition) is 3. The standard InChI is InChI=1S/C12H18N2O2/c1-12(2)9-8(5-6-13-9)14(11(12)16)10(15)7-3-4-7/h7-9,13H,3-6H2,1-2H3/t8-,9-/m0/s1. The molecule has 1 N–H and O–H groups in total. The molecule has 2 atom stereocenters. The van der Waals surface area contributed by atoms with Crippen LogP contribution >= 0.6 is 0 Å². The number of fused-ring (bicyclic) bond motifs is 1. The maximum Gasteiger partial charge on any atom is 0.236 e. The van der Waals surface area contributed by atoms with E-state index in [9.17, 15) is 9.59 Å². The predicted octanol–water partition coefficient (Wildman–Crippen LogP) is 0.522. The number of carbonyl (C=O) groups excluding carboxylic acids is 2. The monoisotopic (exact) mass is 222 g/mol. The van der Waals surface area contributed by atoms with Gasteiger partial charge in [-0.25, -0.2) is 0 Å². The normalized spacial score (nSPS) is 36.6. The first-order valence-electron chi connectivity index (χ1n) is 6.14. The summed E-state index contributed by atoms with van der Waals surface area (Å²) in [6.07, 6.45) is 2.85. The summed E-state index contributed by atoms with van der Waals surface area (Å²) < 4.78 is 0. The Morgan fingerprint density at radius 3 is 2.69 bits per heavy atom. The van der Waals surface area contributed by atoms with Crippen LogP contribution in [0.25, 0.3) is 0 Å². The van der Waals surface area contributed by atoms with Gasteiger partial charge in [0.2, 0.25) is 11.8 Å². The number of imide groups is 1. The molecule has 3 rings (SSSR count). The molecule has 0 spiro atoms. The zero-order valence-corrected chi connectivity index (χ0v) is 9.82. The lowest BCUT2D eigenvalue weighted by molar-refractivity contribution is -0.147. The summed E-state index contributed by atoms with van der Waals surface area (Å²) in [5.74, 6) is 0.236. The Labute approximate surface area is 95.4 Å². The third-order valence-electron chi connectivity index (χ3n) is 4.23. The van der Waals surface area contributed by atoms with Crippen LogP contribution in [-0.4, -0.2) is 35.3 Å². The highest BCUT2D eigenvalue weighted by Crippen LogP contribution is 2.42. The van der Waals surface area contributed by atoms with Crippen molar-refractivity contribution >= 4 is 11.8 Å². The molecule has 0 aromatic heterocycles. The molecule has 1 aliphatic carbocycles. The van der Waals surface area contributed by atoms with Gasteiger partial charge in [0.25, 0.3) is 0 Å². The molecule has 88 valence electrons. The van der Waals surface area contributed by atoms with Gasteiger partial charge < -0.3 is 5.32 Å². The van der Waals surface area contributed by atoms with Gasteiger partial charge in [-0.05, 0) is 39.7 Å². The predicted molar refractivity (Wildman–Crippen MR) is 58.6 cm³/mol. The van der Waals surface area contributed by atoms with E-state index in [2.05, 4.69) is 5.32 Å². The number of hydrogen-bond donors (Lipinski definition) is 1. The number of carbonyl (C=O) groups is 2. The summed E-state index contributed by atoms with van der Waals surface area (Å²) >= 11 is 0. The van der Waals surface area contributed by atoms with Crippen LogP contribution in [0.4, 0.5) is 0 Å². The second kappa shape index (κ2) is 3.06. The summed E-state index contributed by atoms with van der Waals surface area (Å²) in [6.45, 7) is 4.82. The minimum atomic E-state index is -0.425. The third-order valence-corrected chi connectivity index (χ3v) is 4.23. The van der Waals surface area contributed by atoms with Crippen molar-refractivity contribution in [2.75, 3.05) is 6.54 Å². The van der Waals surface area contributed by atoms with Crippen molar-refractivity contribution in [3.63, 3.8) is 0 Å². The second-order valence-corrected chi connectivity index (χ2v) is 5.80. The van der Waals surface area contributed by atoms with E-state index in [4.69, 9.17) is 0 Å². The number of likely N-dealkylation sites (tertiary alicyclic amines) is 1. The van der Waals surface area contributed by atoms with E-state index < -0.39 is 5.41 Å². The van der Waals surface area contributed by atoms with E-state index in [1.807, 2.05) is 13.8 Å². The third kappa shape index (κ3) is 1.19. The van der Waals surface area contributed by atoms with Gasteiger partial charge in [-0.2, -0.15) is 0 Å². The van der Waals surface area contributed by atoms with Gasteiger partial charge >= 0.3 is 0 Å².